The summed E-state index contributed by atoms with van der Waals surface area (Å²) in [5.41, 5.74) is 0. The van der Waals surface area contributed by atoms with E-state index in [1.54, 1.807) is 0 Å². The van der Waals surface area contributed by atoms with Crippen LogP contribution in [0.1, 0.15) is 310 Å². The van der Waals surface area contributed by atoms with Crippen molar-refractivity contribution in [3.8, 4) is 0 Å². The zero-order valence-electron chi connectivity index (χ0n) is 50.0. The number of carbonyl (C=O) groups excluding carboxylic acids is 3. The van der Waals surface area contributed by atoms with Crippen LogP contribution in [0.15, 0.2) is 97.2 Å². The van der Waals surface area contributed by atoms with E-state index in [4.69, 9.17) is 14.2 Å². The lowest BCUT2D eigenvalue weighted by molar-refractivity contribution is -0.167. The molecule has 6 nitrogen and oxygen atoms in total. The van der Waals surface area contributed by atoms with E-state index in [0.29, 0.717) is 19.3 Å². The van der Waals surface area contributed by atoms with Crippen LogP contribution in [0.25, 0.3) is 0 Å². The molecule has 0 fully saturated rings. The van der Waals surface area contributed by atoms with Gasteiger partial charge in [0, 0.05) is 19.3 Å². The zero-order valence-corrected chi connectivity index (χ0v) is 50.0. The lowest BCUT2D eigenvalue weighted by Crippen LogP contribution is -2.30. The molecule has 0 heterocycles. The summed E-state index contributed by atoms with van der Waals surface area (Å²) in [6.07, 6.45) is 85.9. The minimum absolute atomic E-state index is 0.0952. The van der Waals surface area contributed by atoms with Crippen LogP contribution in [0.2, 0.25) is 0 Å². The Balaban J connectivity index is 4.11. The van der Waals surface area contributed by atoms with Gasteiger partial charge in [-0.2, -0.15) is 0 Å². The van der Waals surface area contributed by atoms with Gasteiger partial charge in [-0.25, -0.2) is 0 Å². The van der Waals surface area contributed by atoms with Crippen molar-refractivity contribution < 1.29 is 28.6 Å². The van der Waals surface area contributed by atoms with Crippen LogP contribution >= 0.6 is 0 Å². The Kier molecular flexibility index (Phi) is 60.8. The van der Waals surface area contributed by atoms with Gasteiger partial charge in [0.2, 0.25) is 0 Å². The molecule has 6 heteroatoms. The molecule has 0 amide bonds. The SMILES string of the molecule is CC/C=C\C/C=C\C/C=C\C/C=C\CCCCC(=O)OC(COC(=O)CCCCCCC/C=C\CCC)COC(=O)CCCCCCCCCCCCCCCCCCCC/C=C\C/C=C\C/C=C\CCCCCCC. The van der Waals surface area contributed by atoms with Crippen LogP contribution in [0, 0.1) is 0 Å². The van der Waals surface area contributed by atoms with Gasteiger partial charge in [0.05, 0.1) is 0 Å². The lowest BCUT2D eigenvalue weighted by Gasteiger charge is -2.18. The molecule has 0 saturated carbocycles. The number of ether oxygens (including phenoxy) is 3. The van der Waals surface area contributed by atoms with Crippen LogP contribution in [0.4, 0.5) is 0 Å². The Labute approximate surface area is 470 Å². The van der Waals surface area contributed by atoms with Crippen molar-refractivity contribution in [2.24, 2.45) is 0 Å². The molecule has 0 rings (SSSR count). The second kappa shape index (κ2) is 63.9. The van der Waals surface area contributed by atoms with Gasteiger partial charge in [0.15, 0.2) is 6.10 Å². The van der Waals surface area contributed by atoms with E-state index >= 15 is 0 Å². The van der Waals surface area contributed by atoms with Gasteiger partial charge in [0.25, 0.3) is 0 Å². The molecule has 0 radical (unpaired) electrons. The Morgan fingerprint density at radius 1 is 0.276 bits per heavy atom. The van der Waals surface area contributed by atoms with E-state index in [0.717, 1.165) is 109 Å². The fourth-order valence-corrected chi connectivity index (χ4v) is 8.97. The van der Waals surface area contributed by atoms with Crippen molar-refractivity contribution in [3.05, 3.63) is 97.2 Å². The first-order valence-electron chi connectivity index (χ1n) is 32.2. The van der Waals surface area contributed by atoms with Crippen molar-refractivity contribution in [2.45, 2.75) is 316 Å². The Morgan fingerprint density at radius 2 is 0.539 bits per heavy atom. The normalized spacial score (nSPS) is 12.7. The van der Waals surface area contributed by atoms with Crippen LogP contribution in [0.5, 0.6) is 0 Å². The van der Waals surface area contributed by atoms with Gasteiger partial charge in [0.1, 0.15) is 13.2 Å². The van der Waals surface area contributed by atoms with Crippen molar-refractivity contribution in [2.75, 3.05) is 13.2 Å². The van der Waals surface area contributed by atoms with Gasteiger partial charge >= 0.3 is 17.9 Å². The number of unbranched alkanes of at least 4 members (excludes halogenated alkanes) is 31. The van der Waals surface area contributed by atoms with E-state index in [-0.39, 0.29) is 37.5 Å². The number of allylic oxidation sites excluding steroid dienone is 16. The summed E-state index contributed by atoms with van der Waals surface area (Å²) in [6, 6.07) is 0. The predicted molar refractivity (Wildman–Crippen MR) is 330 cm³/mol. The number of carbonyl (C=O) groups is 3. The highest BCUT2D eigenvalue weighted by molar-refractivity contribution is 5.71. The largest absolute Gasteiger partial charge is 0.462 e. The second-order valence-electron chi connectivity index (χ2n) is 21.3. The van der Waals surface area contributed by atoms with Gasteiger partial charge in [-0.05, 0) is 116 Å². The maximum atomic E-state index is 12.8. The standard InChI is InChI=1S/C70H120O6/c1-4-7-10-13-16-19-22-24-26-27-28-29-30-31-32-33-34-35-36-37-38-39-40-41-42-43-45-46-48-51-54-57-60-63-69(72)75-66-67(65-74-68(71)62-59-56-53-50-21-18-15-12-9-6-3)76-70(73)64-61-58-55-52-49-47-44-25-23-20-17-14-11-8-5-2/h8,11-12,15,17,20,22,24-25,27-28,30-31,44,49,52,67H,4-7,9-10,13-14,16,18-19,21,23,26,29,32-43,45-48,50-51,53-66H2,1-3H3/b11-8-,15-12-,20-17-,24-22-,28-27-,31-30-,44-25-,52-49-. The van der Waals surface area contributed by atoms with Crippen LogP contribution in [0.3, 0.4) is 0 Å². The van der Waals surface area contributed by atoms with Crippen molar-refractivity contribution in [3.63, 3.8) is 0 Å². The van der Waals surface area contributed by atoms with E-state index in [1.807, 2.05) is 0 Å². The van der Waals surface area contributed by atoms with E-state index in [9.17, 15) is 14.4 Å². The molecule has 1 unspecified atom stereocenters. The monoisotopic (exact) mass is 1060 g/mol. The molecule has 76 heavy (non-hydrogen) atoms. The maximum Gasteiger partial charge on any atom is 0.306 e. The first-order valence-corrected chi connectivity index (χ1v) is 32.2. The third-order valence-corrected chi connectivity index (χ3v) is 13.8. The fourth-order valence-electron chi connectivity index (χ4n) is 8.97. The van der Waals surface area contributed by atoms with Crippen LogP contribution in [-0.2, 0) is 28.6 Å². The summed E-state index contributed by atoms with van der Waals surface area (Å²) >= 11 is 0. The summed E-state index contributed by atoms with van der Waals surface area (Å²) < 4.78 is 16.8. The summed E-state index contributed by atoms with van der Waals surface area (Å²) in [6.45, 7) is 6.42. The molecule has 0 saturated heterocycles. The molecule has 1 atom stereocenters. The summed E-state index contributed by atoms with van der Waals surface area (Å²) in [5, 5.41) is 0. The first kappa shape index (κ1) is 72.3. The Bertz CT molecular complexity index is 1490. The van der Waals surface area contributed by atoms with E-state index in [2.05, 4.69) is 118 Å². The average Bonchev–Trinajstić information content (AvgIpc) is 3.42. The van der Waals surface area contributed by atoms with Gasteiger partial charge in [-0.1, -0.05) is 272 Å². The van der Waals surface area contributed by atoms with E-state index < -0.39 is 6.10 Å². The number of esters is 3. The smallest absolute Gasteiger partial charge is 0.306 e. The quantitative estimate of drug-likeness (QED) is 0.0261. The topological polar surface area (TPSA) is 78.9 Å². The number of hydrogen-bond acceptors (Lipinski definition) is 6. The molecule has 0 aliphatic heterocycles. The number of rotatable bonds is 58. The summed E-state index contributed by atoms with van der Waals surface area (Å²) in [4.78, 5) is 38.1. The minimum Gasteiger partial charge on any atom is -0.462 e. The molecular weight excluding hydrogens is 937 g/mol. The van der Waals surface area contributed by atoms with Crippen LogP contribution < -0.4 is 0 Å². The highest BCUT2D eigenvalue weighted by Gasteiger charge is 2.19. The summed E-state index contributed by atoms with van der Waals surface area (Å²) in [5.74, 6) is -0.942. The van der Waals surface area contributed by atoms with Crippen molar-refractivity contribution >= 4 is 17.9 Å². The lowest BCUT2D eigenvalue weighted by atomic mass is 10.0. The molecule has 0 aromatic rings. The maximum absolute atomic E-state index is 12.8. The fraction of sp³-hybridized carbons (Fsp3) is 0.729. The zero-order chi connectivity index (χ0) is 55.0. The molecule has 0 aromatic carbocycles. The van der Waals surface area contributed by atoms with Gasteiger partial charge in [-0.3, -0.25) is 14.4 Å². The number of hydrogen-bond donors (Lipinski definition) is 0. The van der Waals surface area contributed by atoms with E-state index in [1.165, 1.54) is 154 Å². The molecule has 0 spiro atoms. The molecule has 0 aliphatic rings. The van der Waals surface area contributed by atoms with Crippen molar-refractivity contribution in [1.82, 2.24) is 0 Å². The predicted octanol–water partition coefficient (Wildman–Crippen LogP) is 22.0. The third-order valence-electron chi connectivity index (χ3n) is 13.8. The first-order chi connectivity index (χ1) is 37.5. The van der Waals surface area contributed by atoms with Gasteiger partial charge in [-0.15, -0.1) is 0 Å². The van der Waals surface area contributed by atoms with Gasteiger partial charge < -0.3 is 14.2 Å². The summed E-state index contributed by atoms with van der Waals surface area (Å²) in [7, 11) is 0. The highest BCUT2D eigenvalue weighted by atomic mass is 16.6. The van der Waals surface area contributed by atoms with Crippen molar-refractivity contribution in [1.29, 1.82) is 0 Å². The minimum atomic E-state index is -0.801. The molecule has 436 valence electrons. The molecule has 0 bridgehead atoms. The highest BCUT2D eigenvalue weighted by Crippen LogP contribution is 2.16. The molecule has 0 aliphatic carbocycles. The third kappa shape index (κ3) is 61.2. The Morgan fingerprint density at radius 3 is 0.895 bits per heavy atom. The van der Waals surface area contributed by atoms with Crippen LogP contribution in [-0.4, -0.2) is 37.2 Å². The second-order valence-corrected chi connectivity index (χ2v) is 21.3. The molecule has 0 aromatic heterocycles. The average molecular weight is 1060 g/mol. The molecular formula is C70H120O6. The Hall–Kier alpha value is -3.67. The molecule has 0 N–H and O–H groups in total.